The van der Waals surface area contributed by atoms with Crippen LogP contribution in [-0.4, -0.2) is 61.9 Å². The van der Waals surface area contributed by atoms with Crippen molar-refractivity contribution in [3.05, 3.63) is 24.3 Å². The standard InChI is InChI=1S/C14H20N2O4/c1-19-12-4-2-3-5-13(12)20-9-8-16-7-6-15-10-11(16)14(17)18/h2-5,11,15H,6-10H2,1H3,(H,17,18). The topological polar surface area (TPSA) is 71.0 Å². The fourth-order valence-electron chi connectivity index (χ4n) is 2.27. The Morgan fingerprint density at radius 1 is 1.45 bits per heavy atom. The minimum atomic E-state index is -0.797. The third-order valence-corrected chi connectivity index (χ3v) is 3.34. The molecule has 0 amide bonds. The first kappa shape index (κ1) is 14.6. The van der Waals surface area contributed by atoms with Gasteiger partial charge in [-0.2, -0.15) is 0 Å². The van der Waals surface area contributed by atoms with Gasteiger partial charge in [0.05, 0.1) is 7.11 Å². The summed E-state index contributed by atoms with van der Waals surface area (Å²) in [5, 5.41) is 12.3. The summed E-state index contributed by atoms with van der Waals surface area (Å²) in [6.45, 7) is 3.01. The first-order valence-electron chi connectivity index (χ1n) is 6.65. The van der Waals surface area contributed by atoms with Crippen molar-refractivity contribution in [1.29, 1.82) is 0 Å². The number of carbonyl (C=O) groups is 1. The lowest BCUT2D eigenvalue weighted by molar-refractivity contribution is -0.144. The maximum Gasteiger partial charge on any atom is 0.322 e. The van der Waals surface area contributed by atoms with E-state index in [1.807, 2.05) is 29.2 Å². The molecule has 1 heterocycles. The fraction of sp³-hybridized carbons (Fsp3) is 0.500. The molecule has 0 radical (unpaired) electrons. The Balaban J connectivity index is 1.86. The van der Waals surface area contributed by atoms with Crippen molar-refractivity contribution in [2.45, 2.75) is 6.04 Å². The molecule has 1 aliphatic rings. The molecule has 20 heavy (non-hydrogen) atoms. The van der Waals surface area contributed by atoms with Crippen LogP contribution in [0.4, 0.5) is 0 Å². The lowest BCUT2D eigenvalue weighted by atomic mass is 10.2. The predicted molar refractivity (Wildman–Crippen MR) is 74.4 cm³/mol. The number of benzene rings is 1. The molecule has 0 aromatic heterocycles. The van der Waals surface area contributed by atoms with Crippen molar-refractivity contribution in [2.75, 3.05) is 39.9 Å². The second-order valence-electron chi connectivity index (χ2n) is 4.59. The second-order valence-corrected chi connectivity index (χ2v) is 4.59. The van der Waals surface area contributed by atoms with Gasteiger partial charge in [0.15, 0.2) is 11.5 Å². The average Bonchev–Trinajstić information content (AvgIpc) is 2.48. The summed E-state index contributed by atoms with van der Waals surface area (Å²) in [7, 11) is 1.60. The minimum absolute atomic E-state index is 0.435. The van der Waals surface area contributed by atoms with Crippen molar-refractivity contribution in [1.82, 2.24) is 10.2 Å². The highest BCUT2D eigenvalue weighted by molar-refractivity contribution is 5.73. The van der Waals surface area contributed by atoms with Crippen LogP contribution in [0.5, 0.6) is 11.5 Å². The number of hydrogen-bond donors (Lipinski definition) is 2. The number of para-hydroxylation sites is 2. The Bertz CT molecular complexity index is 453. The molecule has 1 atom stereocenters. The zero-order chi connectivity index (χ0) is 14.4. The third-order valence-electron chi connectivity index (χ3n) is 3.34. The van der Waals surface area contributed by atoms with Gasteiger partial charge in [-0.1, -0.05) is 12.1 Å². The molecule has 0 bridgehead atoms. The van der Waals surface area contributed by atoms with Crippen molar-refractivity contribution in [3.8, 4) is 11.5 Å². The minimum Gasteiger partial charge on any atom is -0.493 e. The Morgan fingerprint density at radius 3 is 2.90 bits per heavy atom. The molecular formula is C14H20N2O4. The van der Waals surface area contributed by atoms with Gasteiger partial charge in [-0.25, -0.2) is 0 Å². The van der Waals surface area contributed by atoms with E-state index in [1.54, 1.807) is 7.11 Å². The second kappa shape index (κ2) is 7.12. The molecule has 2 N–H and O–H groups in total. The average molecular weight is 280 g/mol. The Morgan fingerprint density at radius 2 is 2.20 bits per heavy atom. The Kier molecular flexibility index (Phi) is 5.20. The van der Waals surface area contributed by atoms with Crippen molar-refractivity contribution in [2.24, 2.45) is 0 Å². The molecule has 0 spiro atoms. The number of carboxylic acid groups (broad SMARTS) is 1. The summed E-state index contributed by atoms with van der Waals surface area (Å²) >= 11 is 0. The molecule has 1 unspecified atom stereocenters. The molecular weight excluding hydrogens is 260 g/mol. The molecule has 1 fully saturated rings. The molecule has 0 aliphatic carbocycles. The molecule has 1 saturated heterocycles. The summed E-state index contributed by atoms with van der Waals surface area (Å²) in [5.74, 6) is 0.564. The van der Waals surface area contributed by atoms with Gasteiger partial charge in [0, 0.05) is 26.2 Å². The lowest BCUT2D eigenvalue weighted by Crippen LogP contribution is -2.55. The molecule has 1 aromatic rings. The molecule has 110 valence electrons. The van der Waals surface area contributed by atoms with E-state index in [1.165, 1.54) is 0 Å². The first-order chi connectivity index (χ1) is 9.72. The van der Waals surface area contributed by atoms with E-state index in [0.29, 0.717) is 37.7 Å². The number of ether oxygens (including phenoxy) is 2. The van der Waals surface area contributed by atoms with E-state index in [0.717, 1.165) is 6.54 Å². The maximum absolute atomic E-state index is 11.2. The van der Waals surface area contributed by atoms with Gasteiger partial charge in [0.1, 0.15) is 12.6 Å². The van der Waals surface area contributed by atoms with E-state index >= 15 is 0 Å². The Hall–Kier alpha value is -1.79. The highest BCUT2D eigenvalue weighted by Crippen LogP contribution is 2.25. The van der Waals surface area contributed by atoms with Crippen LogP contribution >= 0.6 is 0 Å². The van der Waals surface area contributed by atoms with Crippen molar-refractivity contribution < 1.29 is 19.4 Å². The molecule has 1 aromatic carbocycles. The smallest absolute Gasteiger partial charge is 0.322 e. The highest BCUT2D eigenvalue weighted by Gasteiger charge is 2.27. The van der Waals surface area contributed by atoms with E-state index in [9.17, 15) is 4.79 Å². The van der Waals surface area contributed by atoms with E-state index in [2.05, 4.69) is 5.32 Å². The number of piperazine rings is 1. The van der Waals surface area contributed by atoms with Crippen LogP contribution in [0.2, 0.25) is 0 Å². The van der Waals surface area contributed by atoms with E-state index < -0.39 is 12.0 Å². The molecule has 6 nitrogen and oxygen atoms in total. The number of methoxy groups -OCH3 is 1. The van der Waals surface area contributed by atoms with Crippen molar-refractivity contribution >= 4 is 5.97 Å². The van der Waals surface area contributed by atoms with Gasteiger partial charge < -0.3 is 19.9 Å². The third kappa shape index (κ3) is 3.61. The van der Waals surface area contributed by atoms with E-state index in [4.69, 9.17) is 14.6 Å². The van der Waals surface area contributed by atoms with E-state index in [-0.39, 0.29) is 0 Å². The summed E-state index contributed by atoms with van der Waals surface area (Å²) in [5.41, 5.74) is 0. The van der Waals surface area contributed by atoms with Gasteiger partial charge in [0.25, 0.3) is 0 Å². The van der Waals surface area contributed by atoms with Crippen LogP contribution in [0.3, 0.4) is 0 Å². The van der Waals surface area contributed by atoms with Gasteiger partial charge in [-0.3, -0.25) is 9.69 Å². The van der Waals surface area contributed by atoms with Crippen molar-refractivity contribution in [3.63, 3.8) is 0 Å². The number of hydrogen-bond acceptors (Lipinski definition) is 5. The normalized spacial score (nSPS) is 19.6. The molecule has 0 saturated carbocycles. The van der Waals surface area contributed by atoms with Crippen LogP contribution in [0.1, 0.15) is 0 Å². The number of nitrogens with zero attached hydrogens (tertiary/aromatic N) is 1. The molecule has 6 heteroatoms. The zero-order valence-electron chi connectivity index (χ0n) is 11.5. The lowest BCUT2D eigenvalue weighted by Gasteiger charge is -2.33. The highest BCUT2D eigenvalue weighted by atomic mass is 16.5. The van der Waals surface area contributed by atoms with Gasteiger partial charge in [-0.15, -0.1) is 0 Å². The monoisotopic (exact) mass is 280 g/mol. The summed E-state index contributed by atoms with van der Waals surface area (Å²) < 4.78 is 10.9. The molecule has 2 rings (SSSR count). The zero-order valence-corrected chi connectivity index (χ0v) is 11.5. The number of rotatable bonds is 6. The quantitative estimate of drug-likeness (QED) is 0.787. The molecule has 1 aliphatic heterocycles. The van der Waals surface area contributed by atoms with Gasteiger partial charge in [0.2, 0.25) is 0 Å². The predicted octanol–water partition coefficient (Wildman–Crippen LogP) is 0.432. The maximum atomic E-state index is 11.2. The number of carboxylic acids is 1. The van der Waals surface area contributed by atoms with Crippen LogP contribution < -0.4 is 14.8 Å². The van der Waals surface area contributed by atoms with Crippen LogP contribution in [0.15, 0.2) is 24.3 Å². The van der Waals surface area contributed by atoms with Crippen LogP contribution in [-0.2, 0) is 4.79 Å². The Labute approximate surface area is 118 Å². The first-order valence-corrected chi connectivity index (χ1v) is 6.65. The fourth-order valence-corrected chi connectivity index (χ4v) is 2.27. The summed E-state index contributed by atoms with van der Waals surface area (Å²) in [6, 6.07) is 6.95. The van der Waals surface area contributed by atoms with Gasteiger partial charge in [-0.05, 0) is 12.1 Å². The summed E-state index contributed by atoms with van der Waals surface area (Å²) in [6.07, 6.45) is 0. The number of nitrogens with one attached hydrogen (secondary N) is 1. The summed E-state index contributed by atoms with van der Waals surface area (Å²) in [4.78, 5) is 13.1. The largest absolute Gasteiger partial charge is 0.493 e. The van der Waals surface area contributed by atoms with Crippen LogP contribution in [0, 0.1) is 0 Å². The number of aliphatic carboxylic acids is 1. The SMILES string of the molecule is COc1ccccc1OCCN1CCNCC1C(=O)O. The van der Waals surface area contributed by atoms with Crippen LogP contribution in [0.25, 0.3) is 0 Å². The van der Waals surface area contributed by atoms with Gasteiger partial charge >= 0.3 is 5.97 Å².